The van der Waals surface area contributed by atoms with Gasteiger partial charge in [0, 0.05) is 11.4 Å². The van der Waals surface area contributed by atoms with Gasteiger partial charge in [-0.15, -0.1) is 35.3 Å². The van der Waals surface area contributed by atoms with Crippen molar-refractivity contribution in [3.63, 3.8) is 0 Å². The van der Waals surface area contributed by atoms with E-state index in [1.54, 1.807) is 23.5 Å². The van der Waals surface area contributed by atoms with Gasteiger partial charge in [0.1, 0.15) is 5.75 Å². The van der Waals surface area contributed by atoms with E-state index in [9.17, 15) is 5.11 Å². The van der Waals surface area contributed by atoms with Gasteiger partial charge < -0.3 is 15.7 Å². The number of phenols is 1. The van der Waals surface area contributed by atoms with Crippen LogP contribution in [0.2, 0.25) is 0 Å². The van der Waals surface area contributed by atoms with Crippen molar-refractivity contribution < 1.29 is 5.11 Å². The minimum atomic E-state index is 0. The van der Waals surface area contributed by atoms with Crippen LogP contribution in [0.4, 0.5) is 0 Å². The number of phenolic OH excluding ortho intramolecular Hbond substituents is 1. The first-order valence-electron chi connectivity index (χ1n) is 7.31. The SMILES string of the molecule is CCNC(=NCc1cccc(O)c1)NCc1sc(C)nc1C.I. The molecule has 2 aromatic rings. The van der Waals surface area contributed by atoms with Crippen LogP contribution in [0.25, 0.3) is 0 Å². The van der Waals surface area contributed by atoms with Crippen LogP contribution in [0.3, 0.4) is 0 Å². The van der Waals surface area contributed by atoms with Crippen molar-refractivity contribution >= 4 is 41.3 Å². The molecular formula is C16H23IN4OS. The molecule has 126 valence electrons. The molecule has 0 amide bonds. The number of thiazole rings is 1. The standard InChI is InChI=1S/C16H22N4OS.HI/c1-4-17-16(18-9-13-6-5-7-14(21)8-13)19-10-15-11(2)20-12(3)22-15;/h5-8,21H,4,9-10H2,1-3H3,(H2,17,18,19);1H. The topological polar surface area (TPSA) is 69.5 Å². The van der Waals surface area contributed by atoms with Gasteiger partial charge in [-0.2, -0.15) is 0 Å². The Balaban J connectivity index is 0.00000264. The number of halogens is 1. The second kappa shape index (κ2) is 9.71. The molecule has 0 atom stereocenters. The highest BCUT2D eigenvalue weighted by molar-refractivity contribution is 14.0. The minimum Gasteiger partial charge on any atom is -0.508 e. The molecule has 7 heteroatoms. The maximum atomic E-state index is 9.48. The summed E-state index contributed by atoms with van der Waals surface area (Å²) in [5.41, 5.74) is 2.04. The van der Waals surface area contributed by atoms with Crippen LogP contribution in [0.5, 0.6) is 5.75 Å². The first kappa shape index (κ1) is 19.7. The largest absolute Gasteiger partial charge is 0.508 e. The molecule has 0 spiro atoms. The third kappa shape index (κ3) is 6.34. The summed E-state index contributed by atoms with van der Waals surface area (Å²) in [7, 11) is 0. The molecule has 0 radical (unpaired) electrons. The molecule has 0 saturated heterocycles. The van der Waals surface area contributed by atoms with Crippen molar-refractivity contribution in [2.75, 3.05) is 6.54 Å². The van der Waals surface area contributed by atoms with E-state index in [0.717, 1.165) is 28.8 Å². The van der Waals surface area contributed by atoms with E-state index < -0.39 is 0 Å². The molecule has 5 nitrogen and oxygen atoms in total. The van der Waals surface area contributed by atoms with Gasteiger partial charge in [0.15, 0.2) is 5.96 Å². The van der Waals surface area contributed by atoms with Crippen LogP contribution in [0.15, 0.2) is 29.3 Å². The summed E-state index contributed by atoms with van der Waals surface area (Å²) in [4.78, 5) is 10.2. The number of guanidine groups is 1. The number of aryl methyl sites for hydroxylation is 2. The summed E-state index contributed by atoms with van der Waals surface area (Å²) in [5.74, 6) is 1.03. The molecule has 1 heterocycles. The highest BCUT2D eigenvalue weighted by Crippen LogP contribution is 2.16. The fourth-order valence-corrected chi connectivity index (χ4v) is 2.95. The second-order valence-corrected chi connectivity index (χ2v) is 6.25. The van der Waals surface area contributed by atoms with Crippen molar-refractivity contribution in [2.45, 2.75) is 33.9 Å². The molecule has 0 fully saturated rings. The van der Waals surface area contributed by atoms with Crippen LogP contribution in [-0.2, 0) is 13.1 Å². The van der Waals surface area contributed by atoms with Crippen molar-refractivity contribution in [2.24, 2.45) is 4.99 Å². The van der Waals surface area contributed by atoms with E-state index in [4.69, 9.17) is 0 Å². The summed E-state index contributed by atoms with van der Waals surface area (Å²) >= 11 is 1.70. The summed E-state index contributed by atoms with van der Waals surface area (Å²) in [5, 5.41) is 17.1. The van der Waals surface area contributed by atoms with Gasteiger partial charge >= 0.3 is 0 Å². The Morgan fingerprint density at radius 2 is 2.09 bits per heavy atom. The molecule has 1 aromatic heterocycles. The molecule has 0 saturated carbocycles. The van der Waals surface area contributed by atoms with Crippen LogP contribution < -0.4 is 10.6 Å². The average molecular weight is 446 g/mol. The molecule has 2 rings (SSSR count). The first-order valence-corrected chi connectivity index (χ1v) is 8.13. The number of rotatable bonds is 5. The van der Waals surface area contributed by atoms with Gasteiger partial charge in [-0.25, -0.2) is 9.98 Å². The van der Waals surface area contributed by atoms with Crippen LogP contribution in [0, 0.1) is 13.8 Å². The fraction of sp³-hybridized carbons (Fsp3) is 0.375. The highest BCUT2D eigenvalue weighted by Gasteiger charge is 2.05. The second-order valence-electron chi connectivity index (χ2n) is 4.96. The molecule has 0 aliphatic carbocycles. The predicted octanol–water partition coefficient (Wildman–Crippen LogP) is 3.34. The van der Waals surface area contributed by atoms with Gasteiger partial charge in [-0.3, -0.25) is 0 Å². The van der Waals surface area contributed by atoms with Gasteiger partial charge in [0.05, 0.1) is 23.8 Å². The smallest absolute Gasteiger partial charge is 0.191 e. The van der Waals surface area contributed by atoms with E-state index in [-0.39, 0.29) is 29.7 Å². The van der Waals surface area contributed by atoms with E-state index in [1.165, 1.54) is 4.88 Å². The predicted molar refractivity (Wildman–Crippen MR) is 107 cm³/mol. The minimum absolute atomic E-state index is 0. The van der Waals surface area contributed by atoms with Crippen LogP contribution >= 0.6 is 35.3 Å². The maximum absolute atomic E-state index is 9.48. The number of hydrogen-bond donors (Lipinski definition) is 3. The number of aromatic nitrogens is 1. The zero-order valence-corrected chi connectivity index (χ0v) is 16.7. The lowest BCUT2D eigenvalue weighted by Crippen LogP contribution is -2.36. The molecule has 3 N–H and O–H groups in total. The molecular weight excluding hydrogens is 423 g/mol. The lowest BCUT2D eigenvalue weighted by Gasteiger charge is -2.10. The third-order valence-electron chi connectivity index (χ3n) is 3.09. The van der Waals surface area contributed by atoms with Crippen molar-refractivity contribution in [3.05, 3.63) is 45.4 Å². The van der Waals surface area contributed by atoms with Crippen molar-refractivity contribution in [1.82, 2.24) is 15.6 Å². The van der Waals surface area contributed by atoms with Crippen molar-refractivity contribution in [3.8, 4) is 5.75 Å². The Kier molecular flexibility index (Phi) is 8.32. The van der Waals surface area contributed by atoms with Crippen molar-refractivity contribution in [1.29, 1.82) is 0 Å². The van der Waals surface area contributed by atoms with Gasteiger partial charge in [-0.05, 0) is 38.5 Å². The van der Waals surface area contributed by atoms with E-state index in [2.05, 4.69) is 20.6 Å². The average Bonchev–Trinajstić information content (AvgIpc) is 2.80. The Hall–Kier alpha value is -1.35. The molecule has 1 aromatic carbocycles. The lowest BCUT2D eigenvalue weighted by molar-refractivity contribution is 0.474. The van der Waals surface area contributed by atoms with E-state index >= 15 is 0 Å². The molecule has 0 aliphatic rings. The highest BCUT2D eigenvalue weighted by atomic mass is 127. The van der Waals surface area contributed by atoms with Crippen LogP contribution in [-0.4, -0.2) is 22.6 Å². The Morgan fingerprint density at radius 3 is 2.70 bits per heavy atom. The van der Waals surface area contributed by atoms with Gasteiger partial charge in [0.25, 0.3) is 0 Å². The fourth-order valence-electron chi connectivity index (χ4n) is 2.07. The third-order valence-corrected chi connectivity index (χ3v) is 4.16. The molecule has 0 aliphatic heterocycles. The Labute approximate surface area is 158 Å². The Morgan fingerprint density at radius 1 is 1.30 bits per heavy atom. The van der Waals surface area contributed by atoms with Gasteiger partial charge in [-0.1, -0.05) is 12.1 Å². The monoisotopic (exact) mass is 446 g/mol. The summed E-state index contributed by atoms with van der Waals surface area (Å²) in [6, 6.07) is 7.16. The normalized spacial score (nSPS) is 11.0. The van der Waals surface area contributed by atoms with Crippen LogP contribution in [0.1, 0.15) is 28.1 Å². The van der Waals surface area contributed by atoms with E-state index in [0.29, 0.717) is 13.1 Å². The van der Waals surface area contributed by atoms with E-state index in [1.807, 2.05) is 32.9 Å². The number of aromatic hydroxyl groups is 1. The summed E-state index contributed by atoms with van der Waals surface area (Å²) < 4.78 is 0. The first-order chi connectivity index (χ1) is 10.6. The maximum Gasteiger partial charge on any atom is 0.191 e. The number of benzene rings is 1. The number of aliphatic imine (C=N–C) groups is 1. The zero-order chi connectivity index (χ0) is 15.9. The lowest BCUT2D eigenvalue weighted by atomic mass is 10.2. The quantitative estimate of drug-likeness (QED) is 0.375. The number of hydrogen-bond acceptors (Lipinski definition) is 4. The number of nitrogens with zero attached hydrogens (tertiary/aromatic N) is 2. The zero-order valence-electron chi connectivity index (χ0n) is 13.6. The van der Waals surface area contributed by atoms with Gasteiger partial charge in [0.2, 0.25) is 0 Å². The molecule has 0 unspecified atom stereocenters. The summed E-state index contributed by atoms with van der Waals surface area (Å²) in [6.07, 6.45) is 0. The summed E-state index contributed by atoms with van der Waals surface area (Å²) in [6.45, 7) is 8.10. The Bertz CT molecular complexity index is 657. The molecule has 0 bridgehead atoms. The molecule has 23 heavy (non-hydrogen) atoms. The number of nitrogens with one attached hydrogen (secondary N) is 2.